The van der Waals surface area contributed by atoms with Gasteiger partial charge in [0, 0.05) is 0 Å². The molecule has 0 radical (unpaired) electrons. The van der Waals surface area contributed by atoms with Crippen LogP contribution in [0.2, 0.25) is 0 Å². The van der Waals surface area contributed by atoms with Crippen LogP contribution in [0.1, 0.15) is 45.4 Å². The van der Waals surface area contributed by atoms with Crippen molar-refractivity contribution in [3.8, 4) is 0 Å². The number of esters is 1. The molecule has 2 bridgehead atoms. The summed E-state index contributed by atoms with van der Waals surface area (Å²) in [4.78, 5) is 12.2. The highest BCUT2D eigenvalue weighted by atomic mass is 16.5. The van der Waals surface area contributed by atoms with Crippen LogP contribution >= 0.6 is 0 Å². The molecule has 82 valence electrons. The number of allylic oxidation sites excluding steroid dienone is 1. The average Bonchev–Trinajstić information content (AvgIpc) is 2.90. The van der Waals surface area contributed by atoms with E-state index in [0.717, 1.165) is 12.8 Å². The Kier molecular flexibility index (Phi) is 1.95. The Morgan fingerprint density at radius 1 is 1.53 bits per heavy atom. The fourth-order valence-corrected chi connectivity index (χ4v) is 4.06. The quantitative estimate of drug-likeness (QED) is 0.513. The Balaban J connectivity index is 2.00. The van der Waals surface area contributed by atoms with Crippen LogP contribution in [0, 0.1) is 11.3 Å². The molecule has 2 heteroatoms. The summed E-state index contributed by atoms with van der Waals surface area (Å²) in [6, 6.07) is 0. The maximum atomic E-state index is 12.2. The van der Waals surface area contributed by atoms with Gasteiger partial charge in [-0.2, -0.15) is 0 Å². The molecule has 0 heterocycles. The molecular weight excluding hydrogens is 188 g/mol. The van der Waals surface area contributed by atoms with Gasteiger partial charge in [0.1, 0.15) is 0 Å². The van der Waals surface area contributed by atoms with Crippen LogP contribution in [-0.4, -0.2) is 12.6 Å². The van der Waals surface area contributed by atoms with Gasteiger partial charge in [-0.3, -0.25) is 4.79 Å². The van der Waals surface area contributed by atoms with E-state index >= 15 is 0 Å². The molecule has 2 nitrogen and oxygen atoms in total. The topological polar surface area (TPSA) is 26.3 Å². The Bertz CT molecular complexity index is 342. The molecule has 0 aromatic carbocycles. The first-order chi connectivity index (χ1) is 7.29. The smallest absolute Gasteiger partial charge is 0.316 e. The van der Waals surface area contributed by atoms with Gasteiger partial charge in [0.25, 0.3) is 0 Å². The van der Waals surface area contributed by atoms with Crippen LogP contribution < -0.4 is 0 Å². The van der Waals surface area contributed by atoms with Crippen molar-refractivity contribution < 1.29 is 9.53 Å². The number of carbonyl (C=O) groups is 1. The molecule has 2 unspecified atom stereocenters. The predicted molar refractivity (Wildman–Crippen MR) is 57.3 cm³/mol. The minimum atomic E-state index is -0.149. The lowest BCUT2D eigenvalue weighted by Gasteiger charge is -2.32. The largest absolute Gasteiger partial charge is 0.465 e. The van der Waals surface area contributed by atoms with E-state index in [0.29, 0.717) is 12.5 Å². The zero-order valence-electron chi connectivity index (χ0n) is 9.34. The van der Waals surface area contributed by atoms with Crippen LogP contribution in [0.15, 0.2) is 11.1 Å². The van der Waals surface area contributed by atoms with Crippen molar-refractivity contribution >= 4 is 5.97 Å². The van der Waals surface area contributed by atoms with Crippen molar-refractivity contribution in [2.75, 3.05) is 6.61 Å². The lowest BCUT2D eigenvalue weighted by Crippen LogP contribution is -2.37. The van der Waals surface area contributed by atoms with E-state index in [-0.39, 0.29) is 11.4 Å². The zero-order valence-corrected chi connectivity index (χ0v) is 9.34. The fourth-order valence-electron chi connectivity index (χ4n) is 4.06. The van der Waals surface area contributed by atoms with E-state index in [4.69, 9.17) is 4.74 Å². The summed E-state index contributed by atoms with van der Waals surface area (Å²) in [7, 11) is 0. The van der Waals surface area contributed by atoms with Gasteiger partial charge in [0.15, 0.2) is 0 Å². The van der Waals surface area contributed by atoms with E-state index in [2.05, 4.69) is 0 Å². The zero-order chi connectivity index (χ0) is 10.5. The maximum Gasteiger partial charge on any atom is 0.316 e. The molecular formula is C13H18O2. The molecule has 0 saturated heterocycles. The fraction of sp³-hybridized carbons (Fsp3) is 0.769. The van der Waals surface area contributed by atoms with E-state index in [1.165, 1.54) is 31.3 Å². The molecule has 0 spiro atoms. The van der Waals surface area contributed by atoms with Crippen molar-refractivity contribution in [2.45, 2.75) is 45.4 Å². The molecule has 3 rings (SSSR count). The molecule has 15 heavy (non-hydrogen) atoms. The molecule has 2 saturated carbocycles. The molecule has 0 N–H and O–H groups in total. The number of rotatable bonds is 2. The molecule has 2 fully saturated rings. The van der Waals surface area contributed by atoms with Gasteiger partial charge in [-0.1, -0.05) is 11.1 Å². The second-order valence-electron chi connectivity index (χ2n) is 5.07. The molecule has 3 aliphatic carbocycles. The molecule has 0 aromatic heterocycles. The van der Waals surface area contributed by atoms with E-state index in [1.807, 2.05) is 6.92 Å². The van der Waals surface area contributed by atoms with Gasteiger partial charge >= 0.3 is 5.97 Å². The third-order valence-electron chi connectivity index (χ3n) is 4.59. The first-order valence-corrected chi connectivity index (χ1v) is 6.17. The summed E-state index contributed by atoms with van der Waals surface area (Å²) >= 11 is 0. The molecule has 0 aromatic rings. The highest BCUT2D eigenvalue weighted by Crippen LogP contribution is 2.63. The van der Waals surface area contributed by atoms with Crippen LogP contribution in [0.3, 0.4) is 0 Å². The minimum Gasteiger partial charge on any atom is -0.465 e. The predicted octanol–water partition coefficient (Wildman–Crippen LogP) is 2.83. The highest BCUT2D eigenvalue weighted by Gasteiger charge is 2.58. The Hall–Kier alpha value is -0.790. The summed E-state index contributed by atoms with van der Waals surface area (Å²) in [5.74, 6) is 0.668. The average molecular weight is 206 g/mol. The second kappa shape index (κ2) is 3.10. The normalized spacial score (nSPS) is 37.3. The van der Waals surface area contributed by atoms with E-state index < -0.39 is 0 Å². The molecule has 0 amide bonds. The van der Waals surface area contributed by atoms with Crippen molar-refractivity contribution in [3.63, 3.8) is 0 Å². The van der Waals surface area contributed by atoms with Gasteiger partial charge in [0.2, 0.25) is 0 Å². The second-order valence-corrected chi connectivity index (χ2v) is 5.07. The van der Waals surface area contributed by atoms with Gasteiger partial charge in [-0.25, -0.2) is 0 Å². The summed E-state index contributed by atoms with van der Waals surface area (Å²) in [6.45, 7) is 2.43. The lowest BCUT2D eigenvalue weighted by molar-refractivity contribution is -0.155. The first-order valence-electron chi connectivity index (χ1n) is 6.17. The van der Waals surface area contributed by atoms with Gasteiger partial charge < -0.3 is 4.74 Å². The van der Waals surface area contributed by atoms with Crippen LogP contribution in [-0.2, 0) is 9.53 Å². The van der Waals surface area contributed by atoms with E-state index in [1.54, 1.807) is 5.57 Å². The van der Waals surface area contributed by atoms with Crippen LogP contribution in [0.25, 0.3) is 0 Å². The Morgan fingerprint density at radius 3 is 3.20 bits per heavy atom. The third kappa shape index (κ3) is 1.03. The number of hydrogen-bond donors (Lipinski definition) is 0. The minimum absolute atomic E-state index is 0.0807. The summed E-state index contributed by atoms with van der Waals surface area (Å²) in [6.07, 6.45) is 7.06. The van der Waals surface area contributed by atoms with Crippen LogP contribution in [0.5, 0.6) is 0 Å². The SMILES string of the molecule is CCOC(=O)C12CCCC1=C1CCC2C1. The van der Waals surface area contributed by atoms with Crippen molar-refractivity contribution in [3.05, 3.63) is 11.1 Å². The molecule has 0 aliphatic heterocycles. The molecule has 3 aliphatic rings. The monoisotopic (exact) mass is 206 g/mol. The van der Waals surface area contributed by atoms with Crippen molar-refractivity contribution in [1.29, 1.82) is 0 Å². The van der Waals surface area contributed by atoms with Crippen LogP contribution in [0.4, 0.5) is 0 Å². The van der Waals surface area contributed by atoms with Crippen molar-refractivity contribution in [1.82, 2.24) is 0 Å². The Morgan fingerprint density at radius 2 is 2.40 bits per heavy atom. The summed E-state index contributed by atoms with van der Waals surface area (Å²) in [5, 5.41) is 0. The maximum absolute atomic E-state index is 12.2. The highest BCUT2D eigenvalue weighted by molar-refractivity contribution is 5.83. The van der Waals surface area contributed by atoms with Gasteiger partial charge in [-0.15, -0.1) is 0 Å². The summed E-state index contributed by atoms with van der Waals surface area (Å²) in [5.41, 5.74) is 2.94. The van der Waals surface area contributed by atoms with Gasteiger partial charge in [0.05, 0.1) is 12.0 Å². The first kappa shape index (κ1) is 9.44. The summed E-state index contributed by atoms with van der Waals surface area (Å²) < 4.78 is 5.31. The van der Waals surface area contributed by atoms with E-state index in [9.17, 15) is 4.79 Å². The number of carbonyl (C=O) groups excluding carboxylic acids is 1. The number of ether oxygens (including phenoxy) is 1. The lowest BCUT2D eigenvalue weighted by atomic mass is 9.72. The standard InChI is InChI=1S/C13H18O2/c1-2-15-12(14)13-7-3-4-11(13)9-5-6-10(13)8-9/h10H,2-8H2,1H3. The molecule has 2 atom stereocenters. The Labute approximate surface area is 90.7 Å². The van der Waals surface area contributed by atoms with Gasteiger partial charge in [-0.05, 0) is 51.4 Å². The third-order valence-corrected chi connectivity index (χ3v) is 4.59. The number of fused-ring (bicyclic) bond motifs is 4. The van der Waals surface area contributed by atoms with Crippen molar-refractivity contribution in [2.24, 2.45) is 11.3 Å². The number of hydrogen-bond acceptors (Lipinski definition) is 2.